The standard InChI is InChI=1S/C15H19N3O5S/c1-11-10-12(11)15(19)16-6-8-17(9-7-16)24(22,23)14-5-3-2-4-13(14)18(20)21/h2-5,11-12H,6-10H2,1H3/t11-,12+/m1/s1. The quantitative estimate of drug-likeness (QED) is 0.595. The average Bonchev–Trinajstić information content (AvgIpc) is 3.31. The molecule has 1 amide bonds. The Labute approximate surface area is 140 Å². The molecule has 2 atom stereocenters. The largest absolute Gasteiger partial charge is 0.340 e. The Morgan fingerprint density at radius 3 is 2.33 bits per heavy atom. The molecular formula is C15H19N3O5S. The van der Waals surface area contributed by atoms with E-state index in [0.29, 0.717) is 19.0 Å². The minimum absolute atomic E-state index is 0.0726. The Morgan fingerprint density at radius 1 is 1.21 bits per heavy atom. The molecule has 1 saturated heterocycles. The van der Waals surface area contributed by atoms with Crippen LogP contribution in [0.4, 0.5) is 5.69 Å². The lowest BCUT2D eigenvalue weighted by Gasteiger charge is -2.34. The molecule has 1 heterocycles. The predicted molar refractivity (Wildman–Crippen MR) is 85.7 cm³/mol. The molecule has 0 N–H and O–H groups in total. The third-order valence-electron chi connectivity index (χ3n) is 4.66. The zero-order chi connectivity index (χ0) is 17.5. The minimum atomic E-state index is -3.95. The topological polar surface area (TPSA) is 101 Å². The smallest absolute Gasteiger partial charge is 0.289 e. The van der Waals surface area contributed by atoms with Crippen LogP contribution >= 0.6 is 0 Å². The van der Waals surface area contributed by atoms with Crippen molar-refractivity contribution in [2.45, 2.75) is 18.2 Å². The Kier molecular flexibility index (Phi) is 4.31. The van der Waals surface area contributed by atoms with Crippen molar-refractivity contribution < 1.29 is 18.1 Å². The van der Waals surface area contributed by atoms with Gasteiger partial charge in [-0.3, -0.25) is 14.9 Å². The number of rotatable bonds is 4. The molecule has 9 heteroatoms. The summed E-state index contributed by atoms with van der Waals surface area (Å²) in [6, 6.07) is 5.33. The van der Waals surface area contributed by atoms with E-state index in [1.165, 1.54) is 28.6 Å². The summed E-state index contributed by atoms with van der Waals surface area (Å²) in [6.07, 6.45) is 0.896. The highest BCUT2D eigenvalue weighted by atomic mass is 32.2. The number of carbonyl (C=O) groups excluding carboxylic acids is 1. The molecule has 1 aromatic rings. The van der Waals surface area contributed by atoms with Gasteiger partial charge in [-0.05, 0) is 18.4 Å². The van der Waals surface area contributed by atoms with Gasteiger partial charge in [-0.25, -0.2) is 8.42 Å². The summed E-state index contributed by atoms with van der Waals surface area (Å²) in [6.45, 7) is 2.98. The molecule has 1 aliphatic carbocycles. The van der Waals surface area contributed by atoms with E-state index in [1.807, 2.05) is 6.92 Å². The number of para-hydroxylation sites is 1. The van der Waals surface area contributed by atoms with Gasteiger partial charge in [0.05, 0.1) is 4.92 Å². The highest BCUT2D eigenvalue weighted by molar-refractivity contribution is 7.89. The van der Waals surface area contributed by atoms with Gasteiger partial charge in [-0.2, -0.15) is 4.31 Å². The van der Waals surface area contributed by atoms with Crippen molar-refractivity contribution in [1.82, 2.24) is 9.21 Å². The van der Waals surface area contributed by atoms with Gasteiger partial charge >= 0.3 is 0 Å². The Hall–Kier alpha value is -2.00. The lowest BCUT2D eigenvalue weighted by molar-refractivity contribution is -0.387. The highest BCUT2D eigenvalue weighted by Crippen LogP contribution is 2.39. The molecule has 24 heavy (non-hydrogen) atoms. The van der Waals surface area contributed by atoms with Gasteiger partial charge in [0, 0.05) is 38.2 Å². The van der Waals surface area contributed by atoms with Crippen molar-refractivity contribution in [3.05, 3.63) is 34.4 Å². The molecule has 1 aromatic carbocycles. The maximum absolute atomic E-state index is 12.7. The summed E-state index contributed by atoms with van der Waals surface area (Å²) in [5.74, 6) is 0.569. The monoisotopic (exact) mass is 353 g/mol. The molecule has 1 saturated carbocycles. The maximum Gasteiger partial charge on any atom is 0.289 e. The van der Waals surface area contributed by atoms with Crippen LogP contribution in [0.1, 0.15) is 13.3 Å². The van der Waals surface area contributed by atoms with Crippen molar-refractivity contribution in [2.24, 2.45) is 11.8 Å². The number of benzene rings is 1. The number of sulfonamides is 1. The van der Waals surface area contributed by atoms with Crippen molar-refractivity contribution in [3.8, 4) is 0 Å². The molecular weight excluding hydrogens is 334 g/mol. The molecule has 0 spiro atoms. The molecule has 2 fully saturated rings. The molecule has 0 aromatic heterocycles. The molecule has 0 bridgehead atoms. The first-order valence-corrected chi connectivity index (χ1v) is 9.28. The second-order valence-electron chi connectivity index (χ2n) is 6.27. The fraction of sp³-hybridized carbons (Fsp3) is 0.533. The van der Waals surface area contributed by atoms with Gasteiger partial charge in [-0.15, -0.1) is 0 Å². The predicted octanol–water partition coefficient (Wildman–Crippen LogP) is 1.08. The average molecular weight is 353 g/mol. The number of amides is 1. The van der Waals surface area contributed by atoms with Gasteiger partial charge in [-0.1, -0.05) is 19.1 Å². The molecule has 8 nitrogen and oxygen atoms in total. The summed E-state index contributed by atoms with van der Waals surface area (Å²) in [5.41, 5.74) is -0.428. The Bertz CT molecular complexity index is 771. The van der Waals surface area contributed by atoms with Crippen LogP contribution in [0.2, 0.25) is 0 Å². The molecule has 0 unspecified atom stereocenters. The zero-order valence-electron chi connectivity index (χ0n) is 13.3. The third kappa shape index (κ3) is 3.01. The first-order chi connectivity index (χ1) is 11.3. The van der Waals surface area contributed by atoms with Gasteiger partial charge in [0.15, 0.2) is 4.90 Å². The molecule has 1 aliphatic heterocycles. The van der Waals surface area contributed by atoms with Crippen molar-refractivity contribution in [2.75, 3.05) is 26.2 Å². The number of hydrogen-bond donors (Lipinski definition) is 0. The van der Waals surface area contributed by atoms with E-state index in [2.05, 4.69) is 0 Å². The van der Waals surface area contributed by atoms with Crippen molar-refractivity contribution in [3.63, 3.8) is 0 Å². The molecule has 130 valence electrons. The summed E-state index contributed by atoms with van der Waals surface area (Å²) in [7, 11) is -3.95. The Morgan fingerprint density at radius 2 is 1.79 bits per heavy atom. The maximum atomic E-state index is 12.7. The number of piperazine rings is 1. The van der Waals surface area contributed by atoms with Crippen LogP contribution in [-0.4, -0.2) is 54.6 Å². The summed E-state index contributed by atoms with van der Waals surface area (Å²) >= 11 is 0. The van der Waals surface area contributed by atoms with Gasteiger partial charge in [0.25, 0.3) is 5.69 Å². The lowest BCUT2D eigenvalue weighted by Crippen LogP contribution is -2.51. The number of carbonyl (C=O) groups is 1. The van der Waals surface area contributed by atoms with Crippen molar-refractivity contribution >= 4 is 21.6 Å². The fourth-order valence-corrected chi connectivity index (χ4v) is 4.59. The van der Waals surface area contributed by atoms with E-state index >= 15 is 0 Å². The molecule has 0 radical (unpaired) electrons. The van der Waals surface area contributed by atoms with E-state index in [4.69, 9.17) is 0 Å². The first kappa shape index (κ1) is 16.8. The summed E-state index contributed by atoms with van der Waals surface area (Å²) in [4.78, 5) is 24.0. The van der Waals surface area contributed by atoms with E-state index < -0.39 is 20.6 Å². The van der Waals surface area contributed by atoms with Crippen LogP contribution in [0.15, 0.2) is 29.2 Å². The zero-order valence-corrected chi connectivity index (χ0v) is 14.1. The van der Waals surface area contributed by atoms with Gasteiger partial charge in [0.2, 0.25) is 15.9 Å². The highest BCUT2D eigenvalue weighted by Gasteiger charge is 2.43. The number of nitro benzene ring substituents is 1. The molecule has 2 aliphatic rings. The van der Waals surface area contributed by atoms with Gasteiger partial charge < -0.3 is 4.90 Å². The van der Waals surface area contributed by atoms with Crippen molar-refractivity contribution in [1.29, 1.82) is 0 Å². The second kappa shape index (κ2) is 6.14. The SMILES string of the molecule is C[C@@H]1C[C@@H]1C(=O)N1CCN(S(=O)(=O)c2ccccc2[N+](=O)[O-])CC1. The van der Waals surface area contributed by atoms with Crippen LogP contribution < -0.4 is 0 Å². The van der Waals surface area contributed by atoms with Crippen LogP contribution in [-0.2, 0) is 14.8 Å². The van der Waals surface area contributed by atoms with Crippen LogP contribution in [0.5, 0.6) is 0 Å². The van der Waals surface area contributed by atoms with Gasteiger partial charge in [0.1, 0.15) is 0 Å². The number of hydrogen-bond acceptors (Lipinski definition) is 5. The van der Waals surface area contributed by atoms with Crippen LogP contribution in [0, 0.1) is 22.0 Å². The number of nitro groups is 1. The normalized spacial score (nSPS) is 24.6. The van der Waals surface area contributed by atoms with E-state index in [0.717, 1.165) is 6.42 Å². The van der Waals surface area contributed by atoms with E-state index in [-0.39, 0.29) is 29.8 Å². The molecule has 3 rings (SSSR count). The Balaban J connectivity index is 1.74. The minimum Gasteiger partial charge on any atom is -0.340 e. The summed E-state index contributed by atoms with van der Waals surface area (Å²) in [5, 5.41) is 11.1. The first-order valence-electron chi connectivity index (χ1n) is 7.84. The lowest BCUT2D eigenvalue weighted by atomic mass is 10.2. The van der Waals surface area contributed by atoms with Crippen LogP contribution in [0.3, 0.4) is 0 Å². The summed E-state index contributed by atoms with van der Waals surface area (Å²) < 4.78 is 26.6. The second-order valence-corrected chi connectivity index (χ2v) is 8.18. The van der Waals surface area contributed by atoms with E-state index in [9.17, 15) is 23.3 Å². The third-order valence-corrected chi connectivity index (χ3v) is 6.60. The van der Waals surface area contributed by atoms with Crippen LogP contribution in [0.25, 0.3) is 0 Å². The van der Waals surface area contributed by atoms with E-state index in [1.54, 1.807) is 4.90 Å². The number of nitrogens with zero attached hydrogens (tertiary/aromatic N) is 3. The fourth-order valence-electron chi connectivity index (χ4n) is 3.01.